The second-order valence-electron chi connectivity index (χ2n) is 7.45. The zero-order valence-corrected chi connectivity index (χ0v) is 16.7. The Hall–Kier alpha value is -1.59. The molecule has 1 heterocycles. The lowest BCUT2D eigenvalue weighted by molar-refractivity contribution is 0.0752. The van der Waals surface area contributed by atoms with Gasteiger partial charge in [-0.2, -0.15) is 0 Å². The van der Waals surface area contributed by atoms with E-state index in [-0.39, 0.29) is 29.6 Å². The molecule has 0 unspecified atom stereocenters. The van der Waals surface area contributed by atoms with Gasteiger partial charge in [0.1, 0.15) is 5.75 Å². The minimum absolute atomic E-state index is 0. The van der Waals surface area contributed by atoms with E-state index in [0.717, 1.165) is 31.1 Å². The van der Waals surface area contributed by atoms with Crippen molar-refractivity contribution < 1.29 is 15.7 Å². The summed E-state index contributed by atoms with van der Waals surface area (Å²) in [4.78, 5) is 2.48. The quantitative estimate of drug-likeness (QED) is 0.787. The highest BCUT2D eigenvalue weighted by molar-refractivity contribution is 5.85. The molecule has 0 radical (unpaired) electrons. The number of piperidine rings is 1. The topological polar surface area (TPSA) is 75.2 Å². The van der Waals surface area contributed by atoms with Crippen molar-refractivity contribution in [2.24, 2.45) is 11.8 Å². The third-order valence-electron chi connectivity index (χ3n) is 5.39. The zero-order valence-electron chi connectivity index (χ0n) is 15.9. The highest BCUT2D eigenvalue weighted by atomic mass is 35.5. The normalized spacial score (nSPS) is 17.4. The number of likely N-dealkylation sites (tertiary alicyclic amines) is 1. The molecule has 0 saturated carbocycles. The summed E-state index contributed by atoms with van der Waals surface area (Å²) in [6, 6.07) is 17.7. The van der Waals surface area contributed by atoms with Gasteiger partial charge in [0, 0.05) is 6.54 Å². The molecule has 4 N–H and O–H groups in total. The van der Waals surface area contributed by atoms with Crippen LogP contribution in [-0.4, -0.2) is 40.2 Å². The summed E-state index contributed by atoms with van der Waals surface area (Å²) in [5, 5.41) is 19.9. The first-order chi connectivity index (χ1) is 12.1. The molecule has 5 heteroatoms. The number of phenols is 1. The standard InChI is InChI=1S/C22H29NO2.ClH.H2O/c1-17(22(25)20-7-9-21(24)10-8-20)16-23-13-11-19(12-14-23)15-18-5-3-2-4-6-18;;/h2-10,17,19,22,24-25H,11-16H2,1H3;1H;1H2/t17-,22+;;/m0../s1. The van der Waals surface area contributed by atoms with Crippen LogP contribution in [-0.2, 0) is 6.42 Å². The Morgan fingerprint density at radius 2 is 1.59 bits per heavy atom. The summed E-state index contributed by atoms with van der Waals surface area (Å²) in [5.41, 5.74) is 2.32. The average molecular weight is 394 g/mol. The van der Waals surface area contributed by atoms with Crippen LogP contribution >= 0.6 is 12.4 Å². The molecule has 27 heavy (non-hydrogen) atoms. The number of aliphatic hydroxyl groups is 1. The van der Waals surface area contributed by atoms with E-state index >= 15 is 0 Å². The number of benzene rings is 2. The Balaban J connectivity index is 0.00000182. The van der Waals surface area contributed by atoms with Gasteiger partial charge >= 0.3 is 0 Å². The van der Waals surface area contributed by atoms with Crippen molar-refractivity contribution in [3.63, 3.8) is 0 Å². The fraction of sp³-hybridized carbons (Fsp3) is 0.455. The average Bonchev–Trinajstić information content (AvgIpc) is 2.64. The summed E-state index contributed by atoms with van der Waals surface area (Å²) >= 11 is 0. The van der Waals surface area contributed by atoms with Crippen LogP contribution in [0, 0.1) is 11.8 Å². The molecular weight excluding hydrogens is 362 g/mol. The number of phenolic OH excluding ortho intramolecular Hbond substituents is 1. The molecule has 2 aromatic rings. The van der Waals surface area contributed by atoms with Crippen molar-refractivity contribution >= 4 is 12.4 Å². The summed E-state index contributed by atoms with van der Waals surface area (Å²) in [6.45, 7) is 5.25. The lowest BCUT2D eigenvalue weighted by atomic mass is 9.89. The molecule has 1 fully saturated rings. The van der Waals surface area contributed by atoms with E-state index in [9.17, 15) is 10.2 Å². The van der Waals surface area contributed by atoms with Crippen molar-refractivity contribution in [3.8, 4) is 5.75 Å². The highest BCUT2D eigenvalue weighted by Crippen LogP contribution is 2.27. The van der Waals surface area contributed by atoms with Crippen molar-refractivity contribution in [2.45, 2.75) is 32.3 Å². The first kappa shape index (κ1) is 23.4. The summed E-state index contributed by atoms with van der Waals surface area (Å²) < 4.78 is 0. The van der Waals surface area contributed by atoms with Gasteiger partial charge in [0.2, 0.25) is 0 Å². The monoisotopic (exact) mass is 393 g/mol. The summed E-state index contributed by atoms with van der Waals surface area (Å²) in [5.74, 6) is 1.19. The molecule has 1 aliphatic rings. The molecule has 1 aliphatic heterocycles. The molecule has 150 valence electrons. The molecule has 0 aliphatic carbocycles. The number of halogens is 1. The van der Waals surface area contributed by atoms with E-state index in [1.807, 2.05) is 12.1 Å². The second kappa shape index (κ2) is 11.3. The Bertz CT molecular complexity index is 642. The predicted octanol–water partition coefficient (Wildman–Crippen LogP) is 3.61. The van der Waals surface area contributed by atoms with Gasteiger partial charge in [-0.3, -0.25) is 0 Å². The third-order valence-corrected chi connectivity index (χ3v) is 5.39. The minimum atomic E-state index is -0.484. The number of nitrogens with zero attached hydrogens (tertiary/aromatic N) is 1. The number of aromatic hydroxyl groups is 1. The number of aliphatic hydroxyl groups excluding tert-OH is 1. The first-order valence-electron chi connectivity index (χ1n) is 9.35. The van der Waals surface area contributed by atoms with Crippen LogP contribution in [0.25, 0.3) is 0 Å². The zero-order chi connectivity index (χ0) is 17.6. The molecule has 0 aromatic heterocycles. The smallest absolute Gasteiger partial charge is 0.115 e. The Morgan fingerprint density at radius 1 is 1.00 bits per heavy atom. The lowest BCUT2D eigenvalue weighted by Crippen LogP contribution is -2.38. The van der Waals surface area contributed by atoms with Gasteiger partial charge in [0.15, 0.2) is 0 Å². The molecule has 2 atom stereocenters. The predicted molar refractivity (Wildman–Crippen MR) is 112 cm³/mol. The first-order valence-corrected chi connectivity index (χ1v) is 9.35. The van der Waals surface area contributed by atoms with Gasteiger partial charge in [0.05, 0.1) is 6.10 Å². The van der Waals surface area contributed by atoms with Crippen molar-refractivity contribution in [1.29, 1.82) is 0 Å². The van der Waals surface area contributed by atoms with Crippen molar-refractivity contribution in [3.05, 3.63) is 65.7 Å². The van der Waals surface area contributed by atoms with Gasteiger partial charge in [-0.1, -0.05) is 49.4 Å². The van der Waals surface area contributed by atoms with Crippen LogP contribution in [0.3, 0.4) is 0 Å². The van der Waals surface area contributed by atoms with Crippen LogP contribution < -0.4 is 0 Å². The van der Waals surface area contributed by atoms with Crippen LogP contribution in [0.5, 0.6) is 5.75 Å². The van der Waals surface area contributed by atoms with E-state index < -0.39 is 6.10 Å². The maximum Gasteiger partial charge on any atom is 0.115 e. The molecule has 0 spiro atoms. The molecule has 3 rings (SSSR count). The van der Waals surface area contributed by atoms with Gasteiger partial charge < -0.3 is 20.6 Å². The molecule has 0 bridgehead atoms. The molecule has 4 nitrogen and oxygen atoms in total. The minimum Gasteiger partial charge on any atom is -0.508 e. The Morgan fingerprint density at radius 3 is 2.19 bits per heavy atom. The number of rotatable bonds is 6. The van der Waals surface area contributed by atoms with E-state index in [2.05, 4.69) is 42.2 Å². The molecule has 1 saturated heterocycles. The maximum atomic E-state index is 10.5. The van der Waals surface area contributed by atoms with Crippen molar-refractivity contribution in [1.82, 2.24) is 4.90 Å². The van der Waals surface area contributed by atoms with Gasteiger partial charge in [-0.05, 0) is 67.4 Å². The van der Waals surface area contributed by atoms with Crippen LogP contribution in [0.15, 0.2) is 54.6 Å². The second-order valence-corrected chi connectivity index (χ2v) is 7.45. The van der Waals surface area contributed by atoms with E-state index in [1.165, 1.54) is 24.8 Å². The van der Waals surface area contributed by atoms with Gasteiger partial charge in [-0.15, -0.1) is 12.4 Å². The van der Waals surface area contributed by atoms with E-state index in [0.29, 0.717) is 0 Å². The van der Waals surface area contributed by atoms with Crippen LogP contribution in [0.1, 0.15) is 37.0 Å². The third kappa shape index (κ3) is 6.82. The van der Waals surface area contributed by atoms with E-state index in [1.54, 1.807) is 12.1 Å². The number of hydrogen-bond acceptors (Lipinski definition) is 3. The van der Waals surface area contributed by atoms with Gasteiger partial charge in [0.25, 0.3) is 0 Å². The Kier molecular flexibility index (Phi) is 9.81. The van der Waals surface area contributed by atoms with Crippen LogP contribution in [0.4, 0.5) is 0 Å². The fourth-order valence-corrected chi connectivity index (χ4v) is 3.83. The molecule has 2 aromatic carbocycles. The maximum absolute atomic E-state index is 10.5. The molecular formula is C22H32ClNO3. The Labute approximate surface area is 168 Å². The summed E-state index contributed by atoms with van der Waals surface area (Å²) in [6.07, 6.45) is 3.16. The SMILES string of the molecule is C[C@@H](CN1CCC(Cc2ccccc2)CC1)[C@@H](O)c1ccc(O)cc1.Cl.O. The lowest BCUT2D eigenvalue weighted by Gasteiger charge is -2.34. The molecule has 0 amide bonds. The number of hydrogen-bond donors (Lipinski definition) is 2. The van der Waals surface area contributed by atoms with E-state index in [4.69, 9.17) is 0 Å². The van der Waals surface area contributed by atoms with Crippen molar-refractivity contribution in [2.75, 3.05) is 19.6 Å². The fourth-order valence-electron chi connectivity index (χ4n) is 3.83. The van der Waals surface area contributed by atoms with Crippen LogP contribution in [0.2, 0.25) is 0 Å². The van der Waals surface area contributed by atoms with Gasteiger partial charge in [-0.25, -0.2) is 0 Å². The highest BCUT2D eigenvalue weighted by Gasteiger charge is 2.24. The summed E-state index contributed by atoms with van der Waals surface area (Å²) in [7, 11) is 0. The largest absolute Gasteiger partial charge is 0.508 e.